The summed E-state index contributed by atoms with van der Waals surface area (Å²) in [5.74, 6) is -0.327. The van der Waals surface area contributed by atoms with Gasteiger partial charge in [0.1, 0.15) is 6.07 Å². The van der Waals surface area contributed by atoms with Crippen LogP contribution < -0.4 is 10.2 Å². The lowest BCUT2D eigenvalue weighted by Crippen LogP contribution is -2.34. The van der Waals surface area contributed by atoms with Gasteiger partial charge in [-0.15, -0.1) is 0 Å². The van der Waals surface area contributed by atoms with Crippen LogP contribution >= 0.6 is 0 Å². The van der Waals surface area contributed by atoms with Gasteiger partial charge < -0.3 is 15.0 Å². The molecule has 0 atom stereocenters. The van der Waals surface area contributed by atoms with E-state index >= 15 is 0 Å². The number of nitrogens with zero attached hydrogens (tertiary/aromatic N) is 2. The summed E-state index contributed by atoms with van der Waals surface area (Å²) in [5, 5.41) is 11.9. The quantitative estimate of drug-likeness (QED) is 0.737. The molecule has 0 aliphatic carbocycles. The average Bonchev–Trinajstić information content (AvgIpc) is 2.52. The minimum absolute atomic E-state index is 0.128. The molecule has 1 N–H and O–H groups in total. The molecule has 0 aromatic heterocycles. The molecular weight excluding hydrogens is 282 g/mol. The first kappa shape index (κ1) is 17.7. The fourth-order valence-electron chi connectivity index (χ4n) is 2.00. The highest BCUT2D eigenvalue weighted by Gasteiger charge is 2.16. The number of amides is 2. The van der Waals surface area contributed by atoms with Crippen molar-refractivity contribution < 1.29 is 14.3 Å². The number of carbonyl (C=O) groups excluding carboxylic acids is 2. The predicted octanol–water partition coefficient (Wildman–Crippen LogP) is 1.45. The van der Waals surface area contributed by atoms with E-state index in [1.54, 1.807) is 31.4 Å². The second-order valence-electron chi connectivity index (χ2n) is 4.75. The normalized spacial score (nSPS) is 9.86. The maximum absolute atomic E-state index is 11.8. The first-order chi connectivity index (χ1) is 10.6. The molecular formula is C16H21N3O3. The molecule has 0 saturated carbocycles. The lowest BCUT2D eigenvalue weighted by Gasteiger charge is -2.22. The van der Waals surface area contributed by atoms with E-state index in [1.165, 1.54) is 11.8 Å². The first-order valence-corrected chi connectivity index (χ1v) is 7.13. The molecule has 0 bridgehead atoms. The number of nitrogens with one attached hydrogen (secondary N) is 1. The van der Waals surface area contributed by atoms with Crippen LogP contribution in [0.25, 0.3) is 0 Å². The van der Waals surface area contributed by atoms with Crippen molar-refractivity contribution in [3.8, 4) is 6.07 Å². The summed E-state index contributed by atoms with van der Waals surface area (Å²) in [6, 6.07) is 8.91. The Labute approximate surface area is 130 Å². The van der Waals surface area contributed by atoms with Crippen LogP contribution in [0.4, 0.5) is 5.69 Å². The minimum atomic E-state index is -0.199. The van der Waals surface area contributed by atoms with Crippen molar-refractivity contribution in [3.63, 3.8) is 0 Å². The monoisotopic (exact) mass is 303 g/mol. The molecule has 0 radical (unpaired) electrons. The molecule has 0 aliphatic rings. The molecule has 6 nitrogen and oxygen atoms in total. The summed E-state index contributed by atoms with van der Waals surface area (Å²) in [5.41, 5.74) is 0.947. The van der Waals surface area contributed by atoms with E-state index in [1.807, 2.05) is 0 Å². The number of anilines is 1. The van der Waals surface area contributed by atoms with Crippen LogP contribution in [0.3, 0.4) is 0 Å². The zero-order valence-electron chi connectivity index (χ0n) is 13.0. The molecule has 0 unspecified atom stereocenters. The molecule has 1 aromatic carbocycles. The van der Waals surface area contributed by atoms with E-state index in [0.717, 1.165) is 6.42 Å². The zero-order chi connectivity index (χ0) is 16.4. The third-order valence-corrected chi connectivity index (χ3v) is 3.11. The molecule has 0 aliphatic heterocycles. The summed E-state index contributed by atoms with van der Waals surface area (Å²) in [4.78, 5) is 25.0. The SMILES string of the molecule is COCCCNC(=O)CCN(C(C)=O)c1ccccc1C#N. The molecule has 6 heteroatoms. The third kappa shape index (κ3) is 5.54. The van der Waals surface area contributed by atoms with E-state index in [0.29, 0.717) is 24.4 Å². The van der Waals surface area contributed by atoms with E-state index < -0.39 is 0 Å². The lowest BCUT2D eigenvalue weighted by atomic mass is 10.1. The Bertz CT molecular complexity index is 552. The summed E-state index contributed by atoms with van der Waals surface area (Å²) in [6.07, 6.45) is 0.933. The van der Waals surface area contributed by atoms with Gasteiger partial charge in [0.15, 0.2) is 0 Å². The van der Waals surface area contributed by atoms with Crippen LogP contribution in [0.2, 0.25) is 0 Å². The van der Waals surface area contributed by atoms with Crippen LogP contribution in [0.15, 0.2) is 24.3 Å². The number of methoxy groups -OCH3 is 1. The molecule has 2 amide bonds. The second-order valence-corrected chi connectivity index (χ2v) is 4.75. The van der Waals surface area contributed by atoms with Crippen LogP contribution in [-0.4, -0.2) is 38.6 Å². The standard InChI is InChI=1S/C16H21N3O3/c1-13(20)19(15-7-4-3-6-14(15)12-17)10-8-16(21)18-9-5-11-22-2/h3-4,6-7H,5,8-11H2,1-2H3,(H,18,21). The van der Waals surface area contributed by atoms with Gasteiger partial charge in [-0.05, 0) is 18.6 Å². The fraction of sp³-hybridized carbons (Fsp3) is 0.438. The zero-order valence-corrected chi connectivity index (χ0v) is 13.0. The van der Waals surface area contributed by atoms with Crippen molar-refractivity contribution in [1.82, 2.24) is 5.32 Å². The van der Waals surface area contributed by atoms with E-state index in [2.05, 4.69) is 11.4 Å². The van der Waals surface area contributed by atoms with Gasteiger partial charge in [0.05, 0.1) is 11.3 Å². The highest BCUT2D eigenvalue weighted by Crippen LogP contribution is 2.20. The van der Waals surface area contributed by atoms with Gasteiger partial charge in [-0.3, -0.25) is 9.59 Å². The van der Waals surface area contributed by atoms with Crippen LogP contribution in [0.5, 0.6) is 0 Å². The van der Waals surface area contributed by atoms with Gasteiger partial charge in [-0.25, -0.2) is 0 Å². The van der Waals surface area contributed by atoms with Gasteiger partial charge in [0, 0.05) is 40.2 Å². The fourth-order valence-corrected chi connectivity index (χ4v) is 2.00. The minimum Gasteiger partial charge on any atom is -0.385 e. The second kappa shape index (κ2) is 9.53. The number of hydrogen-bond acceptors (Lipinski definition) is 4. The van der Waals surface area contributed by atoms with Gasteiger partial charge in [-0.2, -0.15) is 5.26 Å². The van der Waals surface area contributed by atoms with Crippen LogP contribution in [0.1, 0.15) is 25.3 Å². The molecule has 0 heterocycles. The molecule has 118 valence electrons. The highest BCUT2D eigenvalue weighted by atomic mass is 16.5. The van der Waals surface area contributed by atoms with Crippen molar-refractivity contribution in [3.05, 3.63) is 29.8 Å². The summed E-state index contributed by atoms with van der Waals surface area (Å²) < 4.78 is 4.90. The van der Waals surface area contributed by atoms with Gasteiger partial charge in [0.25, 0.3) is 0 Å². The smallest absolute Gasteiger partial charge is 0.223 e. The maximum atomic E-state index is 11.8. The molecule has 22 heavy (non-hydrogen) atoms. The van der Waals surface area contributed by atoms with Crippen LogP contribution in [-0.2, 0) is 14.3 Å². The van der Waals surface area contributed by atoms with Crippen molar-refractivity contribution in [1.29, 1.82) is 5.26 Å². The van der Waals surface area contributed by atoms with E-state index in [4.69, 9.17) is 10.00 Å². The largest absolute Gasteiger partial charge is 0.385 e. The summed E-state index contributed by atoms with van der Waals surface area (Å²) in [7, 11) is 1.61. The number of para-hydroxylation sites is 1. The Kier molecular flexibility index (Phi) is 7.65. The van der Waals surface area contributed by atoms with E-state index in [-0.39, 0.29) is 24.8 Å². The molecule has 1 aromatic rings. The Morgan fingerprint density at radius 3 is 2.73 bits per heavy atom. The van der Waals surface area contributed by atoms with Crippen molar-refractivity contribution >= 4 is 17.5 Å². The average molecular weight is 303 g/mol. The van der Waals surface area contributed by atoms with Gasteiger partial charge in [0.2, 0.25) is 11.8 Å². The number of nitriles is 1. The molecule has 0 fully saturated rings. The van der Waals surface area contributed by atoms with Gasteiger partial charge in [-0.1, -0.05) is 12.1 Å². The Balaban J connectivity index is 2.61. The van der Waals surface area contributed by atoms with E-state index in [9.17, 15) is 9.59 Å². The third-order valence-electron chi connectivity index (χ3n) is 3.11. The topological polar surface area (TPSA) is 82.4 Å². The maximum Gasteiger partial charge on any atom is 0.223 e. The van der Waals surface area contributed by atoms with Crippen molar-refractivity contribution in [2.24, 2.45) is 0 Å². The summed E-state index contributed by atoms with van der Waals surface area (Å²) in [6.45, 7) is 2.80. The Hall–Kier alpha value is -2.39. The first-order valence-electron chi connectivity index (χ1n) is 7.13. The molecule has 0 saturated heterocycles. The number of ether oxygens (including phenoxy) is 1. The number of rotatable bonds is 8. The van der Waals surface area contributed by atoms with Crippen molar-refractivity contribution in [2.45, 2.75) is 19.8 Å². The number of carbonyl (C=O) groups is 2. The number of benzene rings is 1. The highest BCUT2D eigenvalue weighted by molar-refractivity contribution is 5.93. The Morgan fingerprint density at radius 1 is 1.36 bits per heavy atom. The molecule has 1 rings (SSSR count). The Morgan fingerprint density at radius 2 is 2.09 bits per heavy atom. The summed E-state index contributed by atoms with van der Waals surface area (Å²) >= 11 is 0. The van der Waals surface area contributed by atoms with Gasteiger partial charge >= 0.3 is 0 Å². The van der Waals surface area contributed by atoms with Crippen molar-refractivity contribution in [2.75, 3.05) is 31.7 Å². The predicted molar refractivity (Wildman–Crippen MR) is 83.3 cm³/mol. The van der Waals surface area contributed by atoms with Crippen LogP contribution in [0, 0.1) is 11.3 Å². The molecule has 0 spiro atoms. The number of hydrogen-bond donors (Lipinski definition) is 1. The lowest BCUT2D eigenvalue weighted by molar-refractivity contribution is -0.121.